The quantitative estimate of drug-likeness (QED) is 0.418. The third-order valence-electron chi connectivity index (χ3n) is 1.77. The van der Waals surface area contributed by atoms with E-state index in [-0.39, 0.29) is 6.04 Å². The highest BCUT2D eigenvalue weighted by atomic mass is 16.5. The molecule has 0 aliphatic carbocycles. The van der Waals surface area contributed by atoms with Gasteiger partial charge in [0.05, 0.1) is 18.3 Å². The van der Waals surface area contributed by atoms with Crippen LogP contribution in [0.5, 0.6) is 0 Å². The lowest BCUT2D eigenvalue weighted by Crippen LogP contribution is -1.98. The summed E-state index contributed by atoms with van der Waals surface area (Å²) in [4.78, 5) is 7.03. The third-order valence-corrected chi connectivity index (χ3v) is 1.77. The highest BCUT2D eigenvalue weighted by molar-refractivity contribution is 5.13. The van der Waals surface area contributed by atoms with Crippen molar-refractivity contribution in [3.8, 4) is 0 Å². The summed E-state index contributed by atoms with van der Waals surface area (Å²) in [6.07, 6.45) is 0. The maximum Gasteiger partial charge on any atom is 0.0884 e. The molecule has 0 fully saturated rings. The Labute approximate surface area is 82.4 Å². The van der Waals surface area contributed by atoms with Crippen molar-refractivity contribution in [2.45, 2.75) is 19.6 Å². The molecule has 0 N–H and O–H groups in total. The largest absolute Gasteiger partial charge is 0.378 e. The number of hydrogen-bond acceptors (Lipinski definition) is 3. The lowest BCUT2D eigenvalue weighted by molar-refractivity contribution is 0.181. The SMILES string of the molecule is COCc1cccc(C(C)N=[N+]=[N-])n1. The van der Waals surface area contributed by atoms with Gasteiger partial charge in [-0.2, -0.15) is 0 Å². The van der Waals surface area contributed by atoms with Crippen LogP contribution in [-0.4, -0.2) is 12.1 Å². The molecule has 0 amide bonds. The van der Waals surface area contributed by atoms with Gasteiger partial charge in [-0.1, -0.05) is 18.1 Å². The number of azide groups is 1. The summed E-state index contributed by atoms with van der Waals surface area (Å²) in [6, 6.07) is 5.34. The predicted molar refractivity (Wildman–Crippen MR) is 52.5 cm³/mol. The molecule has 0 aromatic carbocycles. The van der Waals surface area contributed by atoms with Gasteiger partial charge in [-0.05, 0) is 17.7 Å². The third kappa shape index (κ3) is 2.73. The molecule has 1 heterocycles. The molecule has 14 heavy (non-hydrogen) atoms. The summed E-state index contributed by atoms with van der Waals surface area (Å²) in [5, 5.41) is 3.57. The zero-order chi connectivity index (χ0) is 10.4. The van der Waals surface area contributed by atoms with Gasteiger partial charge in [0, 0.05) is 17.7 Å². The van der Waals surface area contributed by atoms with Gasteiger partial charge in [0.25, 0.3) is 0 Å². The van der Waals surface area contributed by atoms with Crippen LogP contribution in [0.15, 0.2) is 23.3 Å². The van der Waals surface area contributed by atoms with E-state index in [1.165, 1.54) is 0 Å². The summed E-state index contributed by atoms with van der Waals surface area (Å²) in [6.45, 7) is 2.27. The molecule has 0 aliphatic heterocycles. The predicted octanol–water partition coefficient (Wildman–Crippen LogP) is 2.60. The summed E-state index contributed by atoms with van der Waals surface area (Å²) in [5.74, 6) is 0. The fraction of sp³-hybridized carbons (Fsp3) is 0.444. The number of hydrogen-bond donors (Lipinski definition) is 0. The van der Waals surface area contributed by atoms with E-state index < -0.39 is 0 Å². The number of nitrogens with zero attached hydrogens (tertiary/aromatic N) is 4. The van der Waals surface area contributed by atoms with E-state index in [4.69, 9.17) is 10.3 Å². The molecule has 1 aromatic rings. The molecular formula is C9H12N4O. The fourth-order valence-electron chi connectivity index (χ4n) is 1.10. The van der Waals surface area contributed by atoms with Crippen LogP contribution in [0.2, 0.25) is 0 Å². The molecule has 5 nitrogen and oxygen atoms in total. The zero-order valence-electron chi connectivity index (χ0n) is 8.21. The summed E-state index contributed by atoms with van der Waals surface area (Å²) in [7, 11) is 1.62. The van der Waals surface area contributed by atoms with E-state index in [2.05, 4.69) is 15.0 Å². The van der Waals surface area contributed by atoms with Crippen molar-refractivity contribution in [1.29, 1.82) is 0 Å². The molecular weight excluding hydrogens is 180 g/mol. The van der Waals surface area contributed by atoms with E-state index >= 15 is 0 Å². The van der Waals surface area contributed by atoms with Crippen LogP contribution in [0, 0.1) is 0 Å². The standard InChI is InChI=1S/C9H12N4O/c1-7(12-13-10)9-5-3-4-8(11-9)6-14-2/h3-5,7H,6H2,1-2H3. The Balaban J connectivity index is 2.87. The van der Waals surface area contributed by atoms with Gasteiger partial charge in [-0.3, -0.25) is 4.98 Å². The van der Waals surface area contributed by atoms with Crippen molar-refractivity contribution in [3.05, 3.63) is 40.0 Å². The Morgan fingerprint density at radius 3 is 3.07 bits per heavy atom. The minimum Gasteiger partial charge on any atom is -0.378 e. The van der Waals surface area contributed by atoms with Crippen LogP contribution in [0.25, 0.3) is 10.4 Å². The van der Waals surface area contributed by atoms with Crippen LogP contribution in [0.1, 0.15) is 24.4 Å². The number of methoxy groups -OCH3 is 1. The maximum atomic E-state index is 8.28. The van der Waals surface area contributed by atoms with Crippen molar-refractivity contribution in [2.75, 3.05) is 7.11 Å². The van der Waals surface area contributed by atoms with Crippen molar-refractivity contribution in [1.82, 2.24) is 4.98 Å². The molecule has 0 saturated heterocycles. The van der Waals surface area contributed by atoms with Crippen LogP contribution in [-0.2, 0) is 11.3 Å². The van der Waals surface area contributed by atoms with Crippen molar-refractivity contribution >= 4 is 0 Å². The minimum absolute atomic E-state index is 0.239. The molecule has 0 radical (unpaired) electrons. The highest BCUT2D eigenvalue weighted by Gasteiger charge is 2.04. The molecule has 1 unspecified atom stereocenters. The van der Waals surface area contributed by atoms with E-state index in [9.17, 15) is 0 Å². The molecule has 0 saturated carbocycles. The van der Waals surface area contributed by atoms with Gasteiger partial charge >= 0.3 is 0 Å². The van der Waals surface area contributed by atoms with Gasteiger partial charge < -0.3 is 4.74 Å². The summed E-state index contributed by atoms with van der Waals surface area (Å²) < 4.78 is 4.96. The van der Waals surface area contributed by atoms with E-state index in [0.29, 0.717) is 6.61 Å². The topological polar surface area (TPSA) is 70.9 Å². The van der Waals surface area contributed by atoms with Crippen molar-refractivity contribution < 1.29 is 4.74 Å². The lowest BCUT2D eigenvalue weighted by atomic mass is 10.2. The van der Waals surface area contributed by atoms with E-state index in [1.807, 2.05) is 18.2 Å². The van der Waals surface area contributed by atoms with E-state index in [0.717, 1.165) is 11.4 Å². The summed E-state index contributed by atoms with van der Waals surface area (Å²) in [5.41, 5.74) is 9.88. The van der Waals surface area contributed by atoms with Crippen LogP contribution >= 0.6 is 0 Å². The molecule has 0 aliphatic rings. The van der Waals surface area contributed by atoms with Crippen LogP contribution in [0.3, 0.4) is 0 Å². The van der Waals surface area contributed by atoms with Gasteiger partial charge in [-0.15, -0.1) is 0 Å². The second kappa shape index (κ2) is 5.21. The first-order chi connectivity index (χ1) is 6.77. The van der Waals surface area contributed by atoms with Gasteiger partial charge in [0.2, 0.25) is 0 Å². The Morgan fingerprint density at radius 2 is 2.43 bits per heavy atom. The van der Waals surface area contributed by atoms with Crippen LogP contribution < -0.4 is 0 Å². The Hall–Kier alpha value is -1.58. The molecule has 1 atom stereocenters. The smallest absolute Gasteiger partial charge is 0.0884 e. The van der Waals surface area contributed by atoms with E-state index in [1.54, 1.807) is 14.0 Å². The van der Waals surface area contributed by atoms with Crippen molar-refractivity contribution in [3.63, 3.8) is 0 Å². The summed E-state index contributed by atoms with van der Waals surface area (Å²) >= 11 is 0. The lowest BCUT2D eigenvalue weighted by Gasteiger charge is -2.05. The minimum atomic E-state index is -0.239. The average molecular weight is 192 g/mol. The fourth-order valence-corrected chi connectivity index (χ4v) is 1.10. The number of ether oxygens (including phenoxy) is 1. The van der Waals surface area contributed by atoms with Gasteiger partial charge in [0.1, 0.15) is 0 Å². The first-order valence-corrected chi connectivity index (χ1v) is 4.27. The van der Waals surface area contributed by atoms with Gasteiger partial charge in [0.15, 0.2) is 0 Å². The second-order valence-corrected chi connectivity index (χ2v) is 2.87. The normalized spacial score (nSPS) is 11.9. The number of pyridine rings is 1. The maximum absolute atomic E-state index is 8.28. The monoisotopic (exact) mass is 192 g/mol. The highest BCUT2D eigenvalue weighted by Crippen LogP contribution is 2.14. The molecule has 5 heteroatoms. The Bertz CT molecular complexity index is 346. The molecule has 1 rings (SSSR count). The van der Waals surface area contributed by atoms with Gasteiger partial charge in [-0.25, -0.2) is 0 Å². The number of aromatic nitrogens is 1. The number of rotatable bonds is 4. The Morgan fingerprint density at radius 1 is 1.64 bits per heavy atom. The molecule has 1 aromatic heterocycles. The average Bonchev–Trinajstić information content (AvgIpc) is 2.19. The first-order valence-electron chi connectivity index (χ1n) is 4.27. The van der Waals surface area contributed by atoms with Crippen molar-refractivity contribution in [2.24, 2.45) is 5.11 Å². The molecule has 0 bridgehead atoms. The zero-order valence-corrected chi connectivity index (χ0v) is 8.21. The first kappa shape index (κ1) is 10.5. The van der Waals surface area contributed by atoms with Crippen LogP contribution in [0.4, 0.5) is 0 Å². The molecule has 74 valence electrons. The molecule has 0 spiro atoms. The second-order valence-electron chi connectivity index (χ2n) is 2.87. The Kier molecular flexibility index (Phi) is 3.91.